The highest BCUT2D eigenvalue weighted by atomic mass is 28.3. The summed E-state index contributed by atoms with van der Waals surface area (Å²) in [6, 6.07) is 6.26. The Kier molecular flexibility index (Phi) is 2.17. The van der Waals surface area contributed by atoms with Crippen molar-refractivity contribution in [3.8, 4) is 5.75 Å². The van der Waals surface area contributed by atoms with Gasteiger partial charge in [-0.3, -0.25) is 0 Å². The van der Waals surface area contributed by atoms with Gasteiger partial charge in [-0.05, 0) is 11.2 Å². The molecule has 0 heterocycles. The maximum absolute atomic E-state index is 7.69. The molecule has 0 saturated heterocycles. The monoisotopic (exact) mass is 181 g/mol. The highest BCUT2D eigenvalue weighted by Crippen LogP contribution is 2.12. The lowest BCUT2D eigenvalue weighted by atomic mass is 10.3. The van der Waals surface area contributed by atoms with E-state index in [1.807, 2.05) is 6.07 Å². The van der Waals surface area contributed by atoms with Crippen molar-refractivity contribution in [3.05, 3.63) is 24.2 Å². The summed E-state index contributed by atoms with van der Waals surface area (Å²) in [6.45, 7) is 6.76. The van der Waals surface area contributed by atoms with Gasteiger partial charge in [0.2, 0.25) is 0 Å². The molecule has 0 N–H and O–H groups in total. The molecule has 0 saturated carbocycles. The fourth-order valence-electron chi connectivity index (χ4n) is 1.18. The highest BCUT2D eigenvalue weighted by Gasteiger charge is 2.19. The zero-order chi connectivity index (χ0) is 10.1. The van der Waals surface area contributed by atoms with Crippen LogP contribution in [-0.2, 0) is 0 Å². The molecule has 0 atom stereocenters. The van der Waals surface area contributed by atoms with Gasteiger partial charge in [0.1, 0.15) is 5.75 Å². The minimum Gasteiger partial charge on any atom is -0.497 e. The highest BCUT2D eigenvalue weighted by molar-refractivity contribution is 6.89. The van der Waals surface area contributed by atoms with Crippen molar-refractivity contribution in [3.63, 3.8) is 0 Å². The molecule has 0 amide bonds. The minimum absolute atomic E-state index is 0.488. The van der Waals surface area contributed by atoms with E-state index >= 15 is 0 Å². The average Bonchev–Trinajstić information content (AvgIpc) is 2.02. The number of ether oxygens (including phenoxy) is 1. The molecule has 0 bridgehead atoms. The number of rotatable bonds is 2. The van der Waals surface area contributed by atoms with Gasteiger partial charge in [0.05, 0.1) is 16.6 Å². The van der Waals surface area contributed by atoms with Crippen LogP contribution in [0.1, 0.15) is 1.37 Å². The van der Waals surface area contributed by atoms with Gasteiger partial charge in [-0.2, -0.15) is 0 Å². The molecule has 0 radical (unpaired) electrons. The summed E-state index contributed by atoms with van der Waals surface area (Å²) >= 11 is 0. The molecule has 12 heavy (non-hydrogen) atoms. The molecule has 0 aromatic heterocycles. The SMILES string of the molecule is [2H]c1cccc([Si](C)(C)C)c1OC. The van der Waals surface area contributed by atoms with Crippen molar-refractivity contribution in [1.29, 1.82) is 0 Å². The van der Waals surface area contributed by atoms with Gasteiger partial charge in [0, 0.05) is 0 Å². The molecule has 1 nitrogen and oxygen atoms in total. The second-order valence-electron chi connectivity index (χ2n) is 3.87. The molecule has 66 valence electrons. The Labute approximate surface area is 76.8 Å². The molecule has 0 aliphatic carbocycles. The lowest BCUT2D eigenvalue weighted by molar-refractivity contribution is 0.418. The normalized spacial score (nSPS) is 12.5. The van der Waals surface area contributed by atoms with Crippen molar-refractivity contribution < 1.29 is 6.11 Å². The summed E-state index contributed by atoms with van der Waals surface area (Å²) in [4.78, 5) is 0. The predicted molar refractivity (Wildman–Crippen MR) is 56.0 cm³/mol. The van der Waals surface area contributed by atoms with Gasteiger partial charge >= 0.3 is 0 Å². The molecule has 0 spiro atoms. The Morgan fingerprint density at radius 3 is 2.42 bits per heavy atom. The van der Waals surface area contributed by atoms with Gasteiger partial charge in [-0.25, -0.2) is 0 Å². The zero-order valence-electron chi connectivity index (χ0n) is 9.14. The Balaban J connectivity index is 3.29. The van der Waals surface area contributed by atoms with Crippen molar-refractivity contribution >= 4 is 13.3 Å². The molecular formula is C10H16OSi. The molecule has 1 aromatic carbocycles. The molecule has 2 heteroatoms. The van der Waals surface area contributed by atoms with Crippen molar-refractivity contribution in [2.45, 2.75) is 19.6 Å². The van der Waals surface area contributed by atoms with Crippen LogP contribution >= 0.6 is 0 Å². The van der Waals surface area contributed by atoms with Crippen LogP contribution < -0.4 is 9.92 Å². The summed E-state index contributed by atoms with van der Waals surface area (Å²) in [5.41, 5.74) is 0. The largest absolute Gasteiger partial charge is 0.497 e. The van der Waals surface area contributed by atoms with Gasteiger partial charge in [-0.1, -0.05) is 37.8 Å². The molecular weight excluding hydrogens is 164 g/mol. The second-order valence-corrected chi connectivity index (χ2v) is 8.91. The van der Waals surface area contributed by atoms with E-state index in [4.69, 9.17) is 6.11 Å². The molecule has 1 aromatic rings. The lowest BCUT2D eigenvalue weighted by Gasteiger charge is -2.19. The van der Waals surface area contributed by atoms with E-state index in [1.165, 1.54) is 5.19 Å². The van der Waals surface area contributed by atoms with E-state index < -0.39 is 8.07 Å². The van der Waals surface area contributed by atoms with Gasteiger partial charge < -0.3 is 4.74 Å². The standard InChI is InChI=1S/C10H16OSi/c1-11-9-7-5-6-8-10(9)12(2,3)4/h5-8H,1-4H3/i7D. The average molecular weight is 181 g/mol. The predicted octanol–water partition coefficient (Wildman–Crippen LogP) is 2.24. The van der Waals surface area contributed by atoms with E-state index in [1.54, 1.807) is 13.2 Å². The van der Waals surface area contributed by atoms with Crippen LogP contribution in [0, 0.1) is 0 Å². The third-order valence-electron chi connectivity index (χ3n) is 1.83. The molecule has 0 fully saturated rings. The summed E-state index contributed by atoms with van der Waals surface area (Å²) in [5, 5.41) is 1.22. The first kappa shape index (κ1) is 7.86. The van der Waals surface area contributed by atoms with Crippen LogP contribution in [0.5, 0.6) is 5.75 Å². The Hall–Kier alpha value is -0.763. The fraction of sp³-hybridized carbons (Fsp3) is 0.400. The number of para-hydroxylation sites is 1. The molecule has 1 rings (SSSR count). The maximum atomic E-state index is 7.69. The van der Waals surface area contributed by atoms with E-state index in [0.717, 1.165) is 5.75 Å². The fourth-order valence-corrected chi connectivity index (χ4v) is 2.63. The van der Waals surface area contributed by atoms with Crippen LogP contribution in [0.25, 0.3) is 0 Å². The van der Waals surface area contributed by atoms with Gasteiger partial charge in [0.15, 0.2) is 0 Å². The summed E-state index contributed by atoms with van der Waals surface area (Å²) in [6.07, 6.45) is 0. The first-order valence-corrected chi connectivity index (χ1v) is 7.61. The quantitative estimate of drug-likeness (QED) is 0.636. The zero-order valence-corrected chi connectivity index (χ0v) is 9.14. The Bertz CT molecular complexity index is 304. The van der Waals surface area contributed by atoms with Gasteiger partial charge in [-0.15, -0.1) is 0 Å². The van der Waals surface area contributed by atoms with E-state index in [9.17, 15) is 0 Å². The number of hydrogen-bond donors (Lipinski definition) is 0. The van der Waals surface area contributed by atoms with Crippen molar-refractivity contribution in [2.24, 2.45) is 0 Å². The number of hydrogen-bond acceptors (Lipinski definition) is 1. The van der Waals surface area contributed by atoms with Gasteiger partial charge in [0.25, 0.3) is 0 Å². The topological polar surface area (TPSA) is 9.23 Å². The number of benzene rings is 1. The molecule has 0 aliphatic heterocycles. The third kappa shape index (κ3) is 1.88. The molecule has 0 unspecified atom stereocenters. The van der Waals surface area contributed by atoms with E-state index in [0.29, 0.717) is 6.04 Å². The van der Waals surface area contributed by atoms with Crippen molar-refractivity contribution in [1.82, 2.24) is 0 Å². The summed E-state index contributed by atoms with van der Waals surface area (Å²) in [5.74, 6) is 0.752. The Morgan fingerprint density at radius 1 is 1.33 bits per heavy atom. The second kappa shape index (κ2) is 3.31. The van der Waals surface area contributed by atoms with Crippen LogP contribution in [0.3, 0.4) is 0 Å². The third-order valence-corrected chi connectivity index (χ3v) is 3.84. The van der Waals surface area contributed by atoms with E-state index in [2.05, 4.69) is 25.7 Å². The summed E-state index contributed by atoms with van der Waals surface area (Å²) in [7, 11) is 0.261. The molecule has 0 aliphatic rings. The van der Waals surface area contributed by atoms with Crippen LogP contribution in [0.4, 0.5) is 0 Å². The lowest BCUT2D eigenvalue weighted by Crippen LogP contribution is -2.38. The maximum Gasteiger partial charge on any atom is 0.118 e. The number of methoxy groups -OCH3 is 1. The summed E-state index contributed by atoms with van der Waals surface area (Å²) < 4.78 is 12.9. The van der Waals surface area contributed by atoms with E-state index in [-0.39, 0.29) is 0 Å². The Morgan fingerprint density at radius 2 is 2.00 bits per heavy atom. The van der Waals surface area contributed by atoms with Crippen molar-refractivity contribution in [2.75, 3.05) is 7.11 Å². The minimum atomic E-state index is -1.38. The first-order chi connectivity index (χ1) is 5.96. The van der Waals surface area contributed by atoms with Crippen LogP contribution in [0.15, 0.2) is 24.2 Å². The van der Waals surface area contributed by atoms with Crippen LogP contribution in [0.2, 0.25) is 19.6 Å². The first-order valence-electron chi connectivity index (χ1n) is 4.61. The smallest absolute Gasteiger partial charge is 0.118 e. The van der Waals surface area contributed by atoms with Crippen LogP contribution in [-0.4, -0.2) is 15.2 Å².